The summed E-state index contributed by atoms with van der Waals surface area (Å²) >= 11 is 2.27. The first-order chi connectivity index (χ1) is 7.70. The van der Waals surface area contributed by atoms with Gasteiger partial charge in [-0.3, -0.25) is 0 Å². The molecule has 1 saturated heterocycles. The van der Waals surface area contributed by atoms with Crippen LogP contribution in [0.2, 0.25) is 0 Å². The van der Waals surface area contributed by atoms with Crippen molar-refractivity contribution < 1.29 is 4.74 Å². The van der Waals surface area contributed by atoms with E-state index in [1.54, 1.807) is 0 Å². The fourth-order valence-electron chi connectivity index (χ4n) is 1.88. The molecule has 5 heteroatoms. The largest absolute Gasteiger partial charge is 0.378 e. The summed E-state index contributed by atoms with van der Waals surface area (Å²) in [5.41, 5.74) is 1.04. The third-order valence-corrected chi connectivity index (χ3v) is 4.03. The highest BCUT2D eigenvalue weighted by molar-refractivity contribution is 14.1. The molecule has 0 aromatic carbocycles. The third-order valence-electron chi connectivity index (χ3n) is 2.73. The molecule has 0 amide bonds. The molecule has 0 spiro atoms. The standard InChI is InChI=1S/C11H16IN3O/c1-7-10(12)11(13-2)15-9(14-7)6-8-4-3-5-16-8/h8H,3-6H2,1-2H3,(H,13,14,15). The van der Waals surface area contributed by atoms with Crippen LogP contribution in [0.5, 0.6) is 0 Å². The highest BCUT2D eigenvalue weighted by Crippen LogP contribution is 2.20. The molecular weight excluding hydrogens is 317 g/mol. The quantitative estimate of drug-likeness (QED) is 0.861. The molecular formula is C11H16IN3O. The van der Waals surface area contributed by atoms with Gasteiger partial charge in [-0.05, 0) is 42.4 Å². The molecule has 1 atom stereocenters. The fraction of sp³-hybridized carbons (Fsp3) is 0.636. The number of aryl methyl sites for hydroxylation is 1. The van der Waals surface area contributed by atoms with Crippen LogP contribution in [0.15, 0.2) is 0 Å². The third kappa shape index (κ3) is 2.63. The van der Waals surface area contributed by atoms with Crippen LogP contribution in [-0.2, 0) is 11.2 Å². The number of rotatable bonds is 3. The van der Waals surface area contributed by atoms with Crippen LogP contribution in [0.4, 0.5) is 5.82 Å². The second-order valence-corrected chi connectivity index (χ2v) is 5.06. The van der Waals surface area contributed by atoms with Gasteiger partial charge in [0.25, 0.3) is 0 Å². The second kappa shape index (κ2) is 5.27. The summed E-state index contributed by atoms with van der Waals surface area (Å²) in [6.07, 6.45) is 3.42. The van der Waals surface area contributed by atoms with Crippen LogP contribution < -0.4 is 5.32 Å². The molecule has 0 radical (unpaired) electrons. The Balaban J connectivity index is 2.17. The van der Waals surface area contributed by atoms with Crippen molar-refractivity contribution >= 4 is 28.4 Å². The maximum Gasteiger partial charge on any atom is 0.143 e. The van der Waals surface area contributed by atoms with Gasteiger partial charge in [-0.1, -0.05) is 0 Å². The van der Waals surface area contributed by atoms with Crippen molar-refractivity contribution in [3.63, 3.8) is 0 Å². The smallest absolute Gasteiger partial charge is 0.143 e. The van der Waals surface area contributed by atoms with Gasteiger partial charge < -0.3 is 10.1 Å². The predicted octanol–water partition coefficient (Wildman–Crippen LogP) is 2.15. The Labute approximate surface area is 109 Å². The zero-order chi connectivity index (χ0) is 11.5. The van der Waals surface area contributed by atoms with E-state index in [0.717, 1.165) is 46.8 Å². The number of nitrogens with zero attached hydrogens (tertiary/aromatic N) is 2. The highest BCUT2D eigenvalue weighted by atomic mass is 127. The highest BCUT2D eigenvalue weighted by Gasteiger charge is 2.18. The molecule has 1 aromatic rings. The van der Waals surface area contributed by atoms with Crippen LogP contribution in [0, 0.1) is 10.5 Å². The van der Waals surface area contributed by atoms with E-state index in [-0.39, 0.29) is 0 Å². The molecule has 88 valence electrons. The van der Waals surface area contributed by atoms with E-state index in [0.29, 0.717) is 6.10 Å². The van der Waals surface area contributed by atoms with E-state index in [1.165, 1.54) is 0 Å². The Bertz CT molecular complexity index is 378. The molecule has 0 saturated carbocycles. The lowest BCUT2D eigenvalue weighted by atomic mass is 10.2. The molecule has 1 aliphatic heterocycles. The van der Waals surface area contributed by atoms with Crippen LogP contribution in [-0.4, -0.2) is 29.7 Å². The van der Waals surface area contributed by atoms with Gasteiger partial charge >= 0.3 is 0 Å². The van der Waals surface area contributed by atoms with Gasteiger partial charge in [0.15, 0.2) is 0 Å². The molecule has 0 bridgehead atoms. The number of anilines is 1. The molecule has 4 nitrogen and oxygen atoms in total. The molecule has 2 heterocycles. The van der Waals surface area contributed by atoms with Crippen molar-refractivity contribution in [2.24, 2.45) is 0 Å². The minimum Gasteiger partial charge on any atom is -0.378 e. The van der Waals surface area contributed by atoms with Crippen LogP contribution in [0.3, 0.4) is 0 Å². The van der Waals surface area contributed by atoms with Gasteiger partial charge in [0.2, 0.25) is 0 Å². The molecule has 1 fully saturated rings. The Morgan fingerprint density at radius 3 is 2.94 bits per heavy atom. The van der Waals surface area contributed by atoms with Gasteiger partial charge in [0.05, 0.1) is 15.4 Å². The summed E-state index contributed by atoms with van der Waals surface area (Å²) in [6.45, 7) is 2.90. The number of aromatic nitrogens is 2. The van der Waals surface area contributed by atoms with Gasteiger partial charge in [0.1, 0.15) is 11.6 Å². The van der Waals surface area contributed by atoms with Crippen molar-refractivity contribution in [1.82, 2.24) is 9.97 Å². The van der Waals surface area contributed by atoms with Gasteiger partial charge in [-0.25, -0.2) is 9.97 Å². The maximum atomic E-state index is 5.60. The molecule has 0 aliphatic carbocycles. The summed E-state index contributed by atoms with van der Waals surface area (Å²) in [5, 5.41) is 3.10. The summed E-state index contributed by atoms with van der Waals surface area (Å²) in [7, 11) is 1.89. The Morgan fingerprint density at radius 1 is 1.50 bits per heavy atom. The van der Waals surface area contributed by atoms with Crippen LogP contribution in [0.25, 0.3) is 0 Å². The van der Waals surface area contributed by atoms with Crippen molar-refractivity contribution in [3.05, 3.63) is 15.1 Å². The topological polar surface area (TPSA) is 47.0 Å². The molecule has 1 N–H and O–H groups in total. The first-order valence-electron chi connectivity index (χ1n) is 5.53. The van der Waals surface area contributed by atoms with E-state index in [1.807, 2.05) is 14.0 Å². The minimum absolute atomic E-state index is 0.309. The lowest BCUT2D eigenvalue weighted by Crippen LogP contribution is -2.14. The number of halogens is 1. The normalized spacial score (nSPS) is 20.1. The lowest BCUT2D eigenvalue weighted by molar-refractivity contribution is 0.110. The average Bonchev–Trinajstić information content (AvgIpc) is 2.76. The van der Waals surface area contributed by atoms with Gasteiger partial charge in [-0.2, -0.15) is 0 Å². The first-order valence-corrected chi connectivity index (χ1v) is 6.61. The predicted molar refractivity (Wildman–Crippen MR) is 71.7 cm³/mol. The summed E-state index contributed by atoms with van der Waals surface area (Å²) in [4.78, 5) is 9.01. The number of nitrogens with one attached hydrogen (secondary N) is 1. The minimum atomic E-state index is 0.309. The van der Waals surface area contributed by atoms with E-state index in [9.17, 15) is 0 Å². The summed E-state index contributed by atoms with van der Waals surface area (Å²) < 4.78 is 6.69. The second-order valence-electron chi connectivity index (χ2n) is 3.98. The Hall–Kier alpha value is -0.430. The van der Waals surface area contributed by atoms with Crippen LogP contribution >= 0.6 is 22.6 Å². The zero-order valence-electron chi connectivity index (χ0n) is 9.59. The molecule has 1 aromatic heterocycles. The fourth-order valence-corrected chi connectivity index (χ4v) is 2.39. The van der Waals surface area contributed by atoms with E-state index in [4.69, 9.17) is 4.74 Å². The Morgan fingerprint density at radius 2 is 2.31 bits per heavy atom. The van der Waals surface area contributed by atoms with Crippen molar-refractivity contribution in [1.29, 1.82) is 0 Å². The van der Waals surface area contributed by atoms with E-state index in [2.05, 4.69) is 37.9 Å². The van der Waals surface area contributed by atoms with Crippen LogP contribution in [0.1, 0.15) is 24.4 Å². The lowest BCUT2D eigenvalue weighted by Gasteiger charge is -2.11. The summed E-state index contributed by atoms with van der Waals surface area (Å²) in [6, 6.07) is 0. The molecule has 1 unspecified atom stereocenters. The first kappa shape index (κ1) is 12.0. The van der Waals surface area contributed by atoms with Gasteiger partial charge in [-0.15, -0.1) is 0 Å². The van der Waals surface area contributed by atoms with E-state index >= 15 is 0 Å². The van der Waals surface area contributed by atoms with Crippen molar-refractivity contribution in [2.75, 3.05) is 19.0 Å². The molecule has 1 aliphatic rings. The number of ether oxygens (including phenoxy) is 1. The molecule has 16 heavy (non-hydrogen) atoms. The SMILES string of the molecule is CNc1nc(CC2CCCO2)nc(C)c1I. The average molecular weight is 333 g/mol. The Kier molecular flexibility index (Phi) is 3.96. The zero-order valence-corrected chi connectivity index (χ0v) is 11.7. The van der Waals surface area contributed by atoms with E-state index < -0.39 is 0 Å². The maximum absolute atomic E-state index is 5.60. The van der Waals surface area contributed by atoms with Crippen molar-refractivity contribution in [3.8, 4) is 0 Å². The summed E-state index contributed by atoms with van der Waals surface area (Å²) in [5.74, 6) is 1.80. The number of hydrogen-bond acceptors (Lipinski definition) is 4. The van der Waals surface area contributed by atoms with Gasteiger partial charge in [0, 0.05) is 20.1 Å². The monoisotopic (exact) mass is 333 g/mol. The number of hydrogen-bond donors (Lipinski definition) is 1. The van der Waals surface area contributed by atoms with Crippen molar-refractivity contribution in [2.45, 2.75) is 32.3 Å². The molecule has 2 rings (SSSR count).